The van der Waals surface area contributed by atoms with Crippen molar-refractivity contribution in [2.75, 3.05) is 6.61 Å². The Morgan fingerprint density at radius 1 is 1.41 bits per heavy atom. The number of aromatic nitrogens is 4. The van der Waals surface area contributed by atoms with Crippen LogP contribution >= 0.6 is 11.6 Å². The van der Waals surface area contributed by atoms with Gasteiger partial charge in [0.2, 0.25) is 5.88 Å². The third-order valence-corrected chi connectivity index (χ3v) is 4.91. The summed E-state index contributed by atoms with van der Waals surface area (Å²) in [4.78, 5) is 19.8. The Morgan fingerprint density at radius 2 is 2.22 bits per heavy atom. The van der Waals surface area contributed by atoms with Gasteiger partial charge in [0.15, 0.2) is 5.69 Å². The molecule has 0 radical (unpaired) electrons. The number of carbonyl (C=O) groups is 1. The standard InChI is InChI=1S/C19H19ClN4O3/c1-2-15-16-14(5-6-21-17(16)19(25)26)23-24(15)9-12-7-13(20)18(22-8-12)27-10-11-3-4-11/h5-8,11H,2-4,9-10H2,1H3,(H,25,26). The molecule has 27 heavy (non-hydrogen) atoms. The van der Waals surface area contributed by atoms with E-state index < -0.39 is 5.97 Å². The number of carboxylic acid groups (broad SMARTS) is 1. The lowest BCUT2D eigenvalue weighted by Gasteiger charge is -2.10. The predicted octanol–water partition coefficient (Wildman–Crippen LogP) is 3.58. The number of nitrogens with zero attached hydrogens (tertiary/aromatic N) is 4. The van der Waals surface area contributed by atoms with E-state index in [2.05, 4.69) is 15.1 Å². The van der Waals surface area contributed by atoms with Crippen LogP contribution in [0.4, 0.5) is 0 Å². The first-order valence-corrected chi connectivity index (χ1v) is 9.29. The maximum atomic E-state index is 11.5. The number of hydrogen-bond acceptors (Lipinski definition) is 5. The number of rotatable bonds is 7. The van der Waals surface area contributed by atoms with E-state index in [0.29, 0.717) is 47.3 Å². The molecule has 0 saturated heterocycles. The van der Waals surface area contributed by atoms with Crippen LogP contribution in [0.2, 0.25) is 5.02 Å². The van der Waals surface area contributed by atoms with Crippen LogP contribution in [0.1, 0.15) is 41.5 Å². The Balaban J connectivity index is 1.64. The molecule has 1 saturated carbocycles. The molecule has 1 N–H and O–H groups in total. The van der Waals surface area contributed by atoms with E-state index in [9.17, 15) is 9.90 Å². The SMILES string of the molecule is CCc1c2c(C(=O)O)nccc2nn1Cc1cnc(OCC2CC2)c(Cl)c1. The van der Waals surface area contributed by atoms with E-state index in [1.807, 2.05) is 13.0 Å². The molecule has 0 aliphatic heterocycles. The van der Waals surface area contributed by atoms with Gasteiger partial charge in [-0.3, -0.25) is 4.68 Å². The zero-order valence-corrected chi connectivity index (χ0v) is 15.6. The molecule has 0 amide bonds. The van der Waals surface area contributed by atoms with E-state index >= 15 is 0 Å². The number of hydrogen-bond donors (Lipinski definition) is 1. The summed E-state index contributed by atoms with van der Waals surface area (Å²) in [7, 11) is 0. The predicted molar refractivity (Wildman–Crippen MR) is 100 cm³/mol. The highest BCUT2D eigenvalue weighted by Gasteiger charge is 2.23. The minimum atomic E-state index is -1.06. The first kappa shape index (κ1) is 17.7. The highest BCUT2D eigenvalue weighted by molar-refractivity contribution is 6.31. The van der Waals surface area contributed by atoms with E-state index in [4.69, 9.17) is 16.3 Å². The van der Waals surface area contributed by atoms with Crippen molar-refractivity contribution in [3.8, 4) is 5.88 Å². The summed E-state index contributed by atoms with van der Waals surface area (Å²) in [5.74, 6) is 0.0194. The quantitative estimate of drug-likeness (QED) is 0.667. The Bertz CT molecular complexity index is 1010. The van der Waals surface area contributed by atoms with Crippen LogP contribution in [-0.2, 0) is 13.0 Å². The molecule has 3 aromatic rings. The zero-order valence-electron chi connectivity index (χ0n) is 14.9. The number of halogens is 1. The average Bonchev–Trinajstić information content (AvgIpc) is 3.40. The summed E-state index contributed by atoms with van der Waals surface area (Å²) in [6.45, 7) is 3.06. The van der Waals surface area contributed by atoms with Crippen molar-refractivity contribution in [1.29, 1.82) is 0 Å². The fourth-order valence-electron chi connectivity index (χ4n) is 3.10. The van der Waals surface area contributed by atoms with Gasteiger partial charge in [-0.15, -0.1) is 0 Å². The van der Waals surface area contributed by atoms with Crippen LogP contribution in [0, 0.1) is 5.92 Å². The van der Waals surface area contributed by atoms with Crippen LogP contribution in [0.3, 0.4) is 0 Å². The van der Waals surface area contributed by atoms with Crippen LogP contribution in [0.15, 0.2) is 24.5 Å². The molecule has 0 atom stereocenters. The molecule has 8 heteroatoms. The number of fused-ring (bicyclic) bond motifs is 1. The third-order valence-electron chi connectivity index (χ3n) is 4.64. The second kappa shape index (κ2) is 7.15. The maximum Gasteiger partial charge on any atom is 0.355 e. The van der Waals surface area contributed by atoms with Crippen molar-refractivity contribution in [2.24, 2.45) is 5.92 Å². The van der Waals surface area contributed by atoms with Gasteiger partial charge in [-0.1, -0.05) is 18.5 Å². The number of pyridine rings is 2. The molecule has 0 spiro atoms. The number of aryl methyl sites for hydroxylation is 1. The maximum absolute atomic E-state index is 11.5. The van der Waals surface area contributed by atoms with Crippen LogP contribution in [0.25, 0.3) is 10.9 Å². The summed E-state index contributed by atoms with van der Waals surface area (Å²) in [5.41, 5.74) is 2.32. The highest BCUT2D eigenvalue weighted by atomic mass is 35.5. The Morgan fingerprint density at radius 3 is 2.89 bits per heavy atom. The summed E-state index contributed by atoms with van der Waals surface area (Å²) in [5, 5.41) is 15.0. The number of carboxylic acids is 1. The monoisotopic (exact) mass is 386 g/mol. The van der Waals surface area contributed by atoms with Gasteiger partial charge < -0.3 is 9.84 Å². The molecular formula is C19H19ClN4O3. The van der Waals surface area contributed by atoms with Gasteiger partial charge >= 0.3 is 5.97 Å². The Kier molecular flexibility index (Phi) is 4.70. The molecule has 3 aromatic heterocycles. The van der Waals surface area contributed by atoms with Crippen molar-refractivity contribution >= 4 is 28.5 Å². The van der Waals surface area contributed by atoms with Gasteiger partial charge in [0, 0.05) is 18.1 Å². The van der Waals surface area contributed by atoms with Crippen LogP contribution in [0.5, 0.6) is 5.88 Å². The lowest BCUT2D eigenvalue weighted by molar-refractivity contribution is 0.0693. The molecule has 4 rings (SSSR count). The largest absolute Gasteiger partial charge is 0.476 e. The molecule has 0 bridgehead atoms. The Hall–Kier alpha value is -2.67. The van der Waals surface area contributed by atoms with Gasteiger partial charge in [-0.05, 0) is 42.9 Å². The van der Waals surface area contributed by atoms with Crippen molar-refractivity contribution in [3.63, 3.8) is 0 Å². The normalized spacial score (nSPS) is 13.9. The second-order valence-corrected chi connectivity index (χ2v) is 7.11. The van der Waals surface area contributed by atoms with Crippen LogP contribution < -0.4 is 4.74 Å². The number of aromatic carboxylic acids is 1. The lowest BCUT2D eigenvalue weighted by Crippen LogP contribution is -2.08. The van der Waals surface area contributed by atoms with E-state index in [1.54, 1.807) is 16.9 Å². The summed E-state index contributed by atoms with van der Waals surface area (Å²) >= 11 is 6.31. The molecule has 0 unspecified atom stereocenters. The summed E-state index contributed by atoms with van der Waals surface area (Å²) in [6, 6.07) is 3.54. The highest BCUT2D eigenvalue weighted by Crippen LogP contribution is 2.31. The Labute approximate surface area is 161 Å². The first-order chi connectivity index (χ1) is 13.1. The molecule has 0 aromatic carbocycles. The summed E-state index contributed by atoms with van der Waals surface area (Å²) in [6.07, 6.45) is 6.22. The molecular weight excluding hydrogens is 368 g/mol. The van der Waals surface area contributed by atoms with Gasteiger partial charge in [0.25, 0.3) is 0 Å². The molecule has 1 aliphatic carbocycles. The first-order valence-electron chi connectivity index (χ1n) is 8.91. The van der Waals surface area contributed by atoms with Crippen molar-refractivity contribution in [2.45, 2.75) is 32.7 Å². The van der Waals surface area contributed by atoms with Gasteiger partial charge in [0.1, 0.15) is 5.02 Å². The topological polar surface area (TPSA) is 90.1 Å². The molecule has 140 valence electrons. The lowest BCUT2D eigenvalue weighted by atomic mass is 10.1. The smallest absolute Gasteiger partial charge is 0.355 e. The van der Waals surface area contributed by atoms with Gasteiger partial charge in [-0.2, -0.15) is 5.10 Å². The zero-order chi connectivity index (χ0) is 19.0. The summed E-state index contributed by atoms with van der Waals surface area (Å²) < 4.78 is 7.45. The van der Waals surface area contributed by atoms with Crippen molar-refractivity contribution in [3.05, 3.63) is 46.5 Å². The second-order valence-electron chi connectivity index (χ2n) is 6.70. The van der Waals surface area contributed by atoms with Gasteiger partial charge in [0.05, 0.1) is 24.1 Å². The van der Waals surface area contributed by atoms with Crippen LogP contribution in [-0.4, -0.2) is 37.4 Å². The minimum absolute atomic E-state index is 0.0237. The van der Waals surface area contributed by atoms with E-state index in [1.165, 1.54) is 19.0 Å². The fraction of sp³-hybridized carbons (Fsp3) is 0.368. The minimum Gasteiger partial charge on any atom is -0.476 e. The van der Waals surface area contributed by atoms with Crippen molar-refractivity contribution < 1.29 is 14.6 Å². The van der Waals surface area contributed by atoms with E-state index in [-0.39, 0.29) is 5.69 Å². The van der Waals surface area contributed by atoms with E-state index in [0.717, 1.165) is 11.3 Å². The van der Waals surface area contributed by atoms with Crippen molar-refractivity contribution in [1.82, 2.24) is 19.7 Å². The average molecular weight is 387 g/mol. The number of ether oxygens (including phenoxy) is 1. The molecule has 1 fully saturated rings. The molecule has 1 aliphatic rings. The van der Waals surface area contributed by atoms with Gasteiger partial charge in [-0.25, -0.2) is 14.8 Å². The third kappa shape index (κ3) is 3.60. The molecule has 3 heterocycles. The molecule has 7 nitrogen and oxygen atoms in total. The fourth-order valence-corrected chi connectivity index (χ4v) is 3.35.